The van der Waals surface area contributed by atoms with Crippen LogP contribution in [0.15, 0.2) is 75.2 Å². The number of fused-ring (bicyclic) bond motifs is 2. The minimum atomic E-state index is -3.50. The van der Waals surface area contributed by atoms with Crippen LogP contribution in [0.25, 0.3) is 11.0 Å². The van der Waals surface area contributed by atoms with Gasteiger partial charge in [-0.05, 0) is 59.0 Å². The molecule has 3 amide bonds. The van der Waals surface area contributed by atoms with Gasteiger partial charge in [0.05, 0.1) is 26.8 Å². The van der Waals surface area contributed by atoms with Crippen molar-refractivity contribution in [3.05, 3.63) is 98.7 Å². The number of nitrogens with zero attached hydrogens (tertiary/aromatic N) is 2. The maximum absolute atomic E-state index is 13.2. The van der Waals surface area contributed by atoms with E-state index in [1.165, 1.54) is 35.4 Å². The molecule has 2 heterocycles. The van der Waals surface area contributed by atoms with E-state index in [2.05, 4.69) is 10.3 Å². The van der Waals surface area contributed by atoms with Gasteiger partial charge in [-0.3, -0.25) is 4.79 Å². The van der Waals surface area contributed by atoms with E-state index in [0.29, 0.717) is 34.3 Å². The molecule has 0 aliphatic carbocycles. The molecule has 13 heteroatoms. The first-order valence-corrected chi connectivity index (χ1v) is 15.7. The Morgan fingerprint density at radius 2 is 1.93 bits per heavy atom. The number of sulfone groups is 1. The van der Waals surface area contributed by atoms with E-state index in [4.69, 9.17) is 27.6 Å². The van der Waals surface area contributed by atoms with Crippen LogP contribution in [0.1, 0.15) is 32.6 Å². The second-order valence-electron chi connectivity index (χ2n) is 10.1. The van der Waals surface area contributed by atoms with Crippen LogP contribution in [0.5, 0.6) is 0 Å². The van der Waals surface area contributed by atoms with E-state index in [1.54, 1.807) is 18.4 Å². The fraction of sp³-hybridized carbons (Fsp3) is 0.200. The molecular formula is C30H25Cl2N3O7S. The normalized spacial score (nSPS) is 14.1. The van der Waals surface area contributed by atoms with Crippen molar-refractivity contribution < 1.29 is 32.3 Å². The molecule has 0 saturated heterocycles. The third kappa shape index (κ3) is 6.74. The third-order valence-electron chi connectivity index (χ3n) is 7.08. The SMILES string of the molecule is CS(=O)(=O)c1cccc(CC(NC(=O)c2c(Cl)cc3c(c2Cl)CCN(C(=O)N=Cc2ccc4ccoc4c2)C3)C(=O)O)c1. The molecular weight excluding hydrogens is 617 g/mol. The Hall–Kier alpha value is -4.19. The number of nitrogens with one attached hydrogen (secondary N) is 1. The Morgan fingerprint density at radius 1 is 1.14 bits per heavy atom. The van der Waals surface area contributed by atoms with E-state index in [-0.39, 0.29) is 40.0 Å². The number of aliphatic carboxylic acids is 1. The second-order valence-corrected chi connectivity index (χ2v) is 12.9. The minimum absolute atomic E-state index is 0.00554. The average molecular weight is 643 g/mol. The smallest absolute Gasteiger partial charge is 0.343 e. The van der Waals surface area contributed by atoms with Gasteiger partial charge in [-0.25, -0.2) is 23.0 Å². The fourth-order valence-electron chi connectivity index (χ4n) is 4.86. The van der Waals surface area contributed by atoms with Crippen LogP contribution in [-0.2, 0) is 34.0 Å². The van der Waals surface area contributed by atoms with E-state index in [1.807, 2.05) is 18.2 Å². The number of benzene rings is 3. The first-order valence-electron chi connectivity index (χ1n) is 13.0. The van der Waals surface area contributed by atoms with E-state index < -0.39 is 33.8 Å². The highest BCUT2D eigenvalue weighted by molar-refractivity contribution is 7.90. The van der Waals surface area contributed by atoms with Gasteiger partial charge in [-0.1, -0.05) is 47.5 Å². The van der Waals surface area contributed by atoms with Crippen LogP contribution in [0.3, 0.4) is 0 Å². The van der Waals surface area contributed by atoms with Gasteiger partial charge in [0.15, 0.2) is 9.84 Å². The number of carbonyl (C=O) groups is 3. The summed E-state index contributed by atoms with van der Waals surface area (Å²) in [7, 11) is -3.50. The minimum Gasteiger partial charge on any atom is -0.480 e. The summed E-state index contributed by atoms with van der Waals surface area (Å²) in [4.78, 5) is 43.7. The van der Waals surface area contributed by atoms with Crippen molar-refractivity contribution in [1.82, 2.24) is 10.2 Å². The number of carboxylic acid groups (broad SMARTS) is 1. The summed E-state index contributed by atoms with van der Waals surface area (Å²) in [6.45, 7) is 0.454. The molecule has 2 N–H and O–H groups in total. The number of carbonyl (C=O) groups excluding carboxylic acids is 2. The summed E-state index contributed by atoms with van der Waals surface area (Å²) in [6.07, 6.45) is 4.25. The molecule has 0 saturated carbocycles. The topological polar surface area (TPSA) is 146 Å². The van der Waals surface area contributed by atoms with Gasteiger partial charge in [0.25, 0.3) is 5.91 Å². The Balaban J connectivity index is 1.30. The summed E-state index contributed by atoms with van der Waals surface area (Å²) in [5, 5.41) is 13.2. The van der Waals surface area contributed by atoms with Crippen LogP contribution < -0.4 is 5.32 Å². The third-order valence-corrected chi connectivity index (χ3v) is 8.90. The zero-order valence-corrected chi connectivity index (χ0v) is 25.0. The molecule has 1 aliphatic heterocycles. The van der Waals surface area contributed by atoms with Crippen molar-refractivity contribution in [3.63, 3.8) is 0 Å². The second kappa shape index (κ2) is 12.2. The van der Waals surface area contributed by atoms with Crippen LogP contribution in [-0.4, -0.2) is 61.4 Å². The van der Waals surface area contributed by atoms with E-state index in [9.17, 15) is 27.9 Å². The van der Waals surface area contributed by atoms with Crippen molar-refractivity contribution in [1.29, 1.82) is 0 Å². The Morgan fingerprint density at radius 3 is 2.67 bits per heavy atom. The molecule has 5 rings (SSSR count). The lowest BCUT2D eigenvalue weighted by Gasteiger charge is -2.29. The molecule has 43 heavy (non-hydrogen) atoms. The maximum atomic E-state index is 13.2. The quantitative estimate of drug-likeness (QED) is 0.265. The largest absolute Gasteiger partial charge is 0.480 e. The molecule has 3 aromatic carbocycles. The van der Waals surface area contributed by atoms with Gasteiger partial charge >= 0.3 is 12.0 Å². The van der Waals surface area contributed by atoms with Crippen molar-refractivity contribution in [3.8, 4) is 0 Å². The number of urea groups is 1. The standard InChI is InChI=1S/C30H25Cl2N3O7S/c1-43(40,41)21-4-2-3-17(11-21)12-24(29(37)38)34-28(36)26-23(31)14-20-16-35(9-7-22(20)27(26)32)30(39)33-15-18-5-6-19-8-10-42-25(19)13-18/h2-6,8,10-11,13-15,24H,7,9,12,16H2,1H3,(H,34,36)(H,37,38). The summed E-state index contributed by atoms with van der Waals surface area (Å²) in [5.74, 6) is -2.11. The van der Waals surface area contributed by atoms with Gasteiger partial charge < -0.3 is 19.7 Å². The number of furan rings is 1. The fourth-order valence-corrected chi connectivity index (χ4v) is 6.31. The van der Waals surface area contributed by atoms with Crippen molar-refractivity contribution in [2.24, 2.45) is 4.99 Å². The van der Waals surface area contributed by atoms with Crippen molar-refractivity contribution in [2.75, 3.05) is 12.8 Å². The highest BCUT2D eigenvalue weighted by Crippen LogP contribution is 2.35. The Kier molecular flexibility index (Phi) is 8.59. The zero-order valence-electron chi connectivity index (χ0n) is 22.7. The average Bonchev–Trinajstić information content (AvgIpc) is 3.43. The molecule has 10 nitrogen and oxygen atoms in total. The first-order chi connectivity index (χ1) is 20.4. The summed E-state index contributed by atoms with van der Waals surface area (Å²) >= 11 is 13.1. The van der Waals surface area contributed by atoms with Crippen LogP contribution in [0, 0.1) is 0 Å². The van der Waals surface area contributed by atoms with Crippen LogP contribution >= 0.6 is 23.2 Å². The number of hydrogen-bond donors (Lipinski definition) is 2. The summed E-state index contributed by atoms with van der Waals surface area (Å²) in [5.41, 5.74) is 2.99. The molecule has 0 fully saturated rings. The monoisotopic (exact) mass is 641 g/mol. The predicted octanol–water partition coefficient (Wildman–Crippen LogP) is 5.17. The number of carboxylic acids is 1. The Bertz CT molecular complexity index is 1900. The number of rotatable bonds is 7. The van der Waals surface area contributed by atoms with Crippen LogP contribution in [0.4, 0.5) is 4.79 Å². The molecule has 1 aromatic heterocycles. The van der Waals surface area contributed by atoms with E-state index >= 15 is 0 Å². The van der Waals surface area contributed by atoms with Crippen molar-refractivity contribution in [2.45, 2.75) is 30.3 Å². The molecule has 0 spiro atoms. The molecule has 222 valence electrons. The summed E-state index contributed by atoms with van der Waals surface area (Å²) in [6, 6.07) is 12.9. The molecule has 0 bridgehead atoms. The predicted molar refractivity (Wildman–Crippen MR) is 162 cm³/mol. The van der Waals surface area contributed by atoms with Gasteiger partial charge in [0.2, 0.25) is 0 Å². The lowest BCUT2D eigenvalue weighted by atomic mass is 9.96. The molecule has 1 aliphatic rings. The highest BCUT2D eigenvalue weighted by atomic mass is 35.5. The number of aliphatic imine (C=N–C) groups is 1. The number of halogens is 2. The van der Waals surface area contributed by atoms with Gasteiger partial charge in [-0.2, -0.15) is 0 Å². The molecule has 0 radical (unpaired) electrons. The van der Waals surface area contributed by atoms with E-state index in [0.717, 1.165) is 11.6 Å². The van der Waals surface area contributed by atoms with Gasteiger partial charge in [0.1, 0.15) is 11.6 Å². The lowest BCUT2D eigenvalue weighted by molar-refractivity contribution is -0.139. The number of amides is 3. The van der Waals surface area contributed by atoms with Gasteiger partial charge in [0, 0.05) is 37.4 Å². The lowest BCUT2D eigenvalue weighted by Crippen LogP contribution is -2.42. The first kappa shape index (κ1) is 30.3. The molecule has 1 unspecified atom stereocenters. The summed E-state index contributed by atoms with van der Waals surface area (Å²) < 4.78 is 29.2. The molecule has 1 atom stereocenters. The Labute approximate surface area is 256 Å². The highest BCUT2D eigenvalue weighted by Gasteiger charge is 2.29. The maximum Gasteiger partial charge on any atom is 0.343 e. The van der Waals surface area contributed by atoms with Crippen LogP contribution in [0.2, 0.25) is 10.0 Å². The van der Waals surface area contributed by atoms with Crippen molar-refractivity contribution >= 4 is 68.1 Å². The zero-order chi connectivity index (χ0) is 30.9. The van der Waals surface area contributed by atoms with Gasteiger partial charge in [-0.15, -0.1) is 0 Å². The number of hydrogen-bond acceptors (Lipinski definition) is 6. The molecule has 4 aromatic rings.